The van der Waals surface area contributed by atoms with Crippen molar-refractivity contribution in [3.63, 3.8) is 0 Å². The van der Waals surface area contributed by atoms with E-state index in [1.54, 1.807) is 11.6 Å². The number of hydrogen-bond acceptors (Lipinski definition) is 4. The van der Waals surface area contributed by atoms with Crippen LogP contribution >= 0.6 is 0 Å². The topological polar surface area (TPSA) is 77.6 Å². The largest absolute Gasteiger partial charge is 0.497 e. The lowest BCUT2D eigenvalue weighted by molar-refractivity contribution is -0.124. The molecule has 1 aliphatic rings. The van der Waals surface area contributed by atoms with Crippen LogP contribution in [-0.2, 0) is 22.5 Å². The maximum Gasteiger partial charge on any atom is 0.267 e. The maximum absolute atomic E-state index is 11.2. The van der Waals surface area contributed by atoms with E-state index in [9.17, 15) is 4.79 Å². The van der Waals surface area contributed by atoms with Crippen LogP contribution in [0.1, 0.15) is 29.5 Å². The van der Waals surface area contributed by atoms with Gasteiger partial charge in [-0.2, -0.15) is 0 Å². The van der Waals surface area contributed by atoms with Crippen LogP contribution in [0.15, 0.2) is 73.1 Å². The Morgan fingerprint density at radius 1 is 1.18 bits per heavy atom. The predicted octanol–water partition coefficient (Wildman–Crippen LogP) is 4.67. The van der Waals surface area contributed by atoms with E-state index in [2.05, 4.69) is 53.0 Å². The number of fused-ring (bicyclic) bond motifs is 1. The fourth-order valence-electron chi connectivity index (χ4n) is 3.92. The molecular weight excluding hydrogens is 414 g/mol. The smallest absolute Gasteiger partial charge is 0.267 e. The Kier molecular flexibility index (Phi) is 7.60. The van der Waals surface area contributed by atoms with E-state index in [1.807, 2.05) is 18.2 Å². The van der Waals surface area contributed by atoms with Crippen LogP contribution in [0.2, 0.25) is 0 Å². The molecule has 1 saturated carbocycles. The summed E-state index contributed by atoms with van der Waals surface area (Å²) in [6.07, 6.45) is 8.42. The molecule has 0 bridgehead atoms. The Morgan fingerprint density at radius 3 is 2.73 bits per heavy atom. The number of hydroxylamine groups is 1. The Hall–Kier alpha value is -3.35. The first-order valence-corrected chi connectivity index (χ1v) is 11.4. The van der Waals surface area contributed by atoms with Crippen molar-refractivity contribution in [1.29, 1.82) is 0 Å². The highest BCUT2D eigenvalue weighted by molar-refractivity contribution is 5.90. The lowest BCUT2D eigenvalue weighted by Crippen LogP contribution is -2.29. The van der Waals surface area contributed by atoms with Gasteiger partial charge in [0.1, 0.15) is 6.61 Å². The zero-order chi connectivity index (χ0) is 23.0. The number of allylic oxidation sites excluding steroid dienone is 1. The average Bonchev–Trinajstić information content (AvgIpc) is 3.62. The summed E-state index contributed by atoms with van der Waals surface area (Å²) >= 11 is 0. The van der Waals surface area contributed by atoms with Crippen molar-refractivity contribution in [2.75, 3.05) is 19.7 Å². The van der Waals surface area contributed by atoms with Crippen molar-refractivity contribution in [2.45, 2.75) is 25.8 Å². The van der Waals surface area contributed by atoms with Crippen LogP contribution in [0, 0.1) is 5.92 Å². The monoisotopic (exact) mass is 445 g/mol. The minimum absolute atomic E-state index is 0.546. The van der Waals surface area contributed by atoms with E-state index in [4.69, 9.17) is 9.94 Å². The molecule has 33 heavy (non-hydrogen) atoms. The number of para-hydroxylation sites is 1. The molecule has 3 aromatic rings. The molecular formula is C27H31N3O3. The Bertz CT molecular complexity index is 1110. The van der Waals surface area contributed by atoms with Gasteiger partial charge >= 0.3 is 0 Å². The summed E-state index contributed by atoms with van der Waals surface area (Å²) in [6.45, 7) is 7.26. The van der Waals surface area contributed by atoms with Crippen molar-refractivity contribution < 1.29 is 14.7 Å². The Balaban J connectivity index is 1.38. The number of nitrogens with one attached hydrogen (secondary N) is 2. The number of ether oxygens (including phenoxy) is 1. The van der Waals surface area contributed by atoms with Crippen LogP contribution in [-0.4, -0.2) is 40.7 Å². The maximum atomic E-state index is 11.2. The number of benzene rings is 2. The molecule has 6 nitrogen and oxygen atoms in total. The zero-order valence-corrected chi connectivity index (χ0v) is 18.8. The molecule has 172 valence electrons. The summed E-state index contributed by atoms with van der Waals surface area (Å²) < 4.78 is 5.92. The SMILES string of the molecule is C=C(OCCN(CCc1c[nH]c2ccccc12)Cc1ccc(/C=C/C(=O)NO)cc1)C1CC1. The molecule has 0 radical (unpaired) electrons. The second kappa shape index (κ2) is 11.0. The number of H-pyrrole nitrogens is 1. The number of nitrogens with zero attached hydrogens (tertiary/aromatic N) is 1. The quantitative estimate of drug-likeness (QED) is 0.164. The number of carbonyl (C=O) groups excluding carboxylic acids is 1. The highest BCUT2D eigenvalue weighted by Crippen LogP contribution is 2.35. The molecule has 1 aromatic heterocycles. The van der Waals surface area contributed by atoms with Crippen molar-refractivity contribution in [1.82, 2.24) is 15.4 Å². The van der Waals surface area contributed by atoms with E-state index in [-0.39, 0.29) is 0 Å². The normalized spacial score (nSPS) is 13.6. The van der Waals surface area contributed by atoms with Gasteiger partial charge in [-0.1, -0.05) is 49.0 Å². The summed E-state index contributed by atoms with van der Waals surface area (Å²) in [5.41, 5.74) is 6.18. The van der Waals surface area contributed by atoms with Crippen LogP contribution in [0.4, 0.5) is 0 Å². The van der Waals surface area contributed by atoms with Crippen LogP contribution in [0.3, 0.4) is 0 Å². The zero-order valence-electron chi connectivity index (χ0n) is 18.8. The molecule has 4 rings (SSSR count). The fraction of sp³-hybridized carbons (Fsp3) is 0.296. The van der Waals surface area contributed by atoms with E-state index < -0.39 is 5.91 Å². The molecule has 1 amide bonds. The summed E-state index contributed by atoms with van der Waals surface area (Å²) in [4.78, 5) is 16.9. The van der Waals surface area contributed by atoms with Crippen molar-refractivity contribution in [3.05, 3.63) is 89.8 Å². The van der Waals surface area contributed by atoms with Crippen LogP contribution in [0.25, 0.3) is 17.0 Å². The molecule has 0 saturated heterocycles. The molecule has 0 spiro atoms. The average molecular weight is 446 g/mol. The van der Waals surface area contributed by atoms with Crippen molar-refractivity contribution in [3.8, 4) is 0 Å². The fourth-order valence-corrected chi connectivity index (χ4v) is 3.92. The summed E-state index contributed by atoms with van der Waals surface area (Å²) in [5, 5.41) is 9.88. The van der Waals surface area contributed by atoms with Gasteiger partial charge < -0.3 is 9.72 Å². The van der Waals surface area contributed by atoms with Gasteiger partial charge in [-0.05, 0) is 48.1 Å². The van der Waals surface area contributed by atoms with Gasteiger partial charge in [-0.25, -0.2) is 5.48 Å². The second-order valence-corrected chi connectivity index (χ2v) is 8.53. The first kappa shape index (κ1) is 22.8. The number of aromatic amines is 1. The van der Waals surface area contributed by atoms with Crippen LogP contribution in [0.5, 0.6) is 0 Å². The number of hydrogen-bond donors (Lipinski definition) is 3. The molecule has 1 fully saturated rings. The molecule has 1 heterocycles. The molecule has 6 heteroatoms. The second-order valence-electron chi connectivity index (χ2n) is 8.53. The summed E-state index contributed by atoms with van der Waals surface area (Å²) in [7, 11) is 0. The highest BCUT2D eigenvalue weighted by Gasteiger charge is 2.26. The van der Waals surface area contributed by atoms with Gasteiger partial charge in [0.25, 0.3) is 5.91 Å². The van der Waals surface area contributed by atoms with Gasteiger partial charge in [0.2, 0.25) is 0 Å². The third-order valence-electron chi connectivity index (χ3n) is 6.02. The predicted molar refractivity (Wildman–Crippen MR) is 131 cm³/mol. The molecule has 0 unspecified atom stereocenters. The minimum Gasteiger partial charge on any atom is -0.497 e. The molecule has 2 aromatic carbocycles. The number of rotatable bonds is 12. The Labute approximate surface area is 194 Å². The van der Waals surface area contributed by atoms with Gasteiger partial charge in [-0.3, -0.25) is 14.9 Å². The van der Waals surface area contributed by atoms with Crippen molar-refractivity contribution in [2.24, 2.45) is 5.92 Å². The number of aromatic nitrogens is 1. The van der Waals surface area contributed by atoms with Crippen molar-refractivity contribution >= 4 is 22.9 Å². The standard InChI is InChI=1S/C27H31N3O3/c1-20(23-11-12-23)33-17-16-30(15-14-24-18-28-26-5-3-2-4-25(24)26)19-22-8-6-21(7-9-22)10-13-27(31)29-32/h2-10,13,18,23,28,32H,1,11-12,14-17,19H2,(H,29,31)/b13-10+. The first-order chi connectivity index (χ1) is 16.1. The van der Waals surface area contributed by atoms with E-state index >= 15 is 0 Å². The first-order valence-electron chi connectivity index (χ1n) is 11.4. The third-order valence-corrected chi connectivity index (χ3v) is 6.02. The minimum atomic E-state index is -0.546. The third kappa shape index (κ3) is 6.57. The van der Waals surface area contributed by atoms with E-state index in [1.165, 1.54) is 40.9 Å². The summed E-state index contributed by atoms with van der Waals surface area (Å²) in [6, 6.07) is 16.5. The summed E-state index contributed by atoms with van der Waals surface area (Å²) in [5.74, 6) is 0.933. The van der Waals surface area contributed by atoms with E-state index in [0.29, 0.717) is 12.5 Å². The Morgan fingerprint density at radius 2 is 1.97 bits per heavy atom. The number of amides is 1. The molecule has 3 N–H and O–H groups in total. The molecule has 0 atom stereocenters. The van der Waals surface area contributed by atoms with Gasteiger partial charge in [0.15, 0.2) is 0 Å². The van der Waals surface area contributed by atoms with Gasteiger partial charge in [0, 0.05) is 48.7 Å². The molecule has 0 aliphatic heterocycles. The van der Waals surface area contributed by atoms with Crippen LogP contribution < -0.4 is 5.48 Å². The van der Waals surface area contributed by atoms with Gasteiger partial charge in [-0.15, -0.1) is 0 Å². The lowest BCUT2D eigenvalue weighted by atomic mass is 10.1. The highest BCUT2D eigenvalue weighted by atomic mass is 16.5. The van der Waals surface area contributed by atoms with E-state index in [0.717, 1.165) is 37.4 Å². The molecule has 1 aliphatic carbocycles. The van der Waals surface area contributed by atoms with Gasteiger partial charge in [0.05, 0.1) is 5.76 Å². The lowest BCUT2D eigenvalue weighted by Gasteiger charge is -2.23. The number of carbonyl (C=O) groups is 1.